The van der Waals surface area contributed by atoms with Gasteiger partial charge in [0.2, 0.25) is 0 Å². The number of aliphatic hydroxyl groups excluding tert-OH is 1. The van der Waals surface area contributed by atoms with Crippen molar-refractivity contribution in [3.63, 3.8) is 0 Å². The zero-order valence-corrected chi connectivity index (χ0v) is 16.7. The molecule has 23 heavy (non-hydrogen) atoms. The molecule has 1 atom stereocenters. The van der Waals surface area contributed by atoms with Crippen LogP contribution >= 0.6 is 0 Å². The molecule has 0 amide bonds. The average molecular weight is 329 g/mol. The van der Waals surface area contributed by atoms with E-state index in [0.717, 1.165) is 25.9 Å². The molecule has 0 aliphatic heterocycles. The van der Waals surface area contributed by atoms with Gasteiger partial charge in [-0.2, -0.15) is 0 Å². The van der Waals surface area contributed by atoms with Crippen molar-refractivity contribution >= 4 is 5.97 Å². The van der Waals surface area contributed by atoms with Crippen LogP contribution in [0.1, 0.15) is 87.0 Å². The lowest BCUT2D eigenvalue weighted by atomic mass is 9.73. The van der Waals surface area contributed by atoms with Gasteiger partial charge in [0.1, 0.15) is 5.60 Å². The summed E-state index contributed by atoms with van der Waals surface area (Å²) in [6.45, 7) is 15.0. The van der Waals surface area contributed by atoms with Gasteiger partial charge in [-0.05, 0) is 57.8 Å². The summed E-state index contributed by atoms with van der Waals surface area (Å²) in [5.74, 6) is 1.65. The number of rotatable bonds is 6. The van der Waals surface area contributed by atoms with Crippen molar-refractivity contribution in [2.24, 2.45) is 23.2 Å². The van der Waals surface area contributed by atoms with E-state index in [9.17, 15) is 4.79 Å². The van der Waals surface area contributed by atoms with Crippen LogP contribution < -0.4 is 0 Å². The number of carbonyl (C=O) groups is 1. The molecule has 0 saturated heterocycles. The summed E-state index contributed by atoms with van der Waals surface area (Å²) in [6, 6.07) is 0. The van der Waals surface area contributed by atoms with Gasteiger partial charge in [0.25, 0.3) is 0 Å². The van der Waals surface area contributed by atoms with Crippen LogP contribution in [-0.4, -0.2) is 23.8 Å². The number of aliphatic hydroxyl groups is 1. The van der Waals surface area contributed by atoms with Crippen LogP contribution in [0.15, 0.2) is 0 Å². The highest BCUT2D eigenvalue weighted by molar-refractivity contribution is 5.77. The van der Waals surface area contributed by atoms with Crippen LogP contribution in [0.5, 0.6) is 0 Å². The summed E-state index contributed by atoms with van der Waals surface area (Å²) in [5.41, 5.74) is -0.685. The largest absolute Gasteiger partial charge is 0.459 e. The molecule has 1 aliphatic rings. The minimum Gasteiger partial charge on any atom is -0.459 e. The van der Waals surface area contributed by atoms with Crippen molar-refractivity contribution in [2.45, 2.75) is 92.6 Å². The molecule has 1 N–H and O–H groups in total. The van der Waals surface area contributed by atoms with Gasteiger partial charge in [-0.3, -0.25) is 4.79 Å². The topological polar surface area (TPSA) is 46.5 Å². The van der Waals surface area contributed by atoms with Gasteiger partial charge >= 0.3 is 5.97 Å². The molecular formula is C20H40O3. The Hall–Kier alpha value is -0.570. The van der Waals surface area contributed by atoms with E-state index in [0.29, 0.717) is 11.8 Å². The van der Waals surface area contributed by atoms with E-state index in [2.05, 4.69) is 48.5 Å². The zero-order chi connectivity index (χ0) is 18.3. The second-order valence-electron chi connectivity index (χ2n) is 8.27. The molecule has 138 valence electrons. The highest BCUT2D eigenvalue weighted by Crippen LogP contribution is 2.40. The predicted molar refractivity (Wildman–Crippen MR) is 97.3 cm³/mol. The number of hydrogen-bond donors (Lipinski definition) is 1. The molecule has 1 fully saturated rings. The first-order chi connectivity index (χ1) is 10.6. The summed E-state index contributed by atoms with van der Waals surface area (Å²) in [7, 11) is 1.00. The van der Waals surface area contributed by atoms with Crippen molar-refractivity contribution < 1.29 is 14.6 Å². The van der Waals surface area contributed by atoms with E-state index in [1.165, 1.54) is 25.7 Å². The standard InChI is InChI=1S/C19H36O2.CH4O/c1-8-13-19(7,14(2)3)17(20)21-18(5,6)16-11-9-15(4)10-12-16;1-2/h14-16H,8-13H2,1-7H3;2H,1H3. The Kier molecular flexibility index (Phi) is 9.42. The molecule has 0 radical (unpaired) electrons. The Bertz CT molecular complexity index is 341. The van der Waals surface area contributed by atoms with Crippen molar-refractivity contribution in [2.75, 3.05) is 7.11 Å². The average Bonchev–Trinajstić information content (AvgIpc) is 2.49. The molecule has 1 rings (SSSR count). The van der Waals surface area contributed by atoms with Gasteiger partial charge in [-0.25, -0.2) is 0 Å². The molecule has 0 aromatic carbocycles. The number of carbonyl (C=O) groups excluding carboxylic acids is 1. The van der Waals surface area contributed by atoms with Gasteiger partial charge in [-0.1, -0.05) is 47.0 Å². The molecule has 0 aromatic heterocycles. The van der Waals surface area contributed by atoms with Crippen LogP contribution in [0.3, 0.4) is 0 Å². The maximum atomic E-state index is 12.8. The molecular weight excluding hydrogens is 288 g/mol. The quantitative estimate of drug-likeness (QED) is 0.681. The van der Waals surface area contributed by atoms with Gasteiger partial charge in [-0.15, -0.1) is 0 Å². The molecule has 1 aliphatic carbocycles. The summed E-state index contributed by atoms with van der Waals surface area (Å²) in [5, 5.41) is 7.00. The highest BCUT2D eigenvalue weighted by Gasteiger charge is 2.42. The first-order valence-electron chi connectivity index (χ1n) is 9.31. The third kappa shape index (κ3) is 6.10. The normalized spacial score (nSPS) is 24.4. The van der Waals surface area contributed by atoms with E-state index in [-0.39, 0.29) is 17.0 Å². The Morgan fingerprint density at radius 2 is 1.61 bits per heavy atom. The van der Waals surface area contributed by atoms with Crippen molar-refractivity contribution in [3.8, 4) is 0 Å². The van der Waals surface area contributed by atoms with Crippen LogP contribution in [0.4, 0.5) is 0 Å². The molecule has 3 heteroatoms. The first-order valence-corrected chi connectivity index (χ1v) is 9.31. The second-order valence-corrected chi connectivity index (χ2v) is 8.27. The number of esters is 1. The van der Waals surface area contributed by atoms with Crippen LogP contribution in [-0.2, 0) is 9.53 Å². The SMILES string of the molecule is CCCC(C)(C(=O)OC(C)(C)C1CCC(C)CC1)C(C)C.CO. The highest BCUT2D eigenvalue weighted by atomic mass is 16.6. The summed E-state index contributed by atoms with van der Waals surface area (Å²) < 4.78 is 6.05. The Balaban J connectivity index is 0.00000232. The van der Waals surface area contributed by atoms with Gasteiger partial charge < -0.3 is 9.84 Å². The number of ether oxygens (including phenoxy) is 1. The Morgan fingerprint density at radius 3 is 2.00 bits per heavy atom. The van der Waals surface area contributed by atoms with Crippen LogP contribution in [0.25, 0.3) is 0 Å². The second kappa shape index (κ2) is 9.66. The van der Waals surface area contributed by atoms with Gasteiger partial charge in [0.15, 0.2) is 0 Å². The summed E-state index contributed by atoms with van der Waals surface area (Å²) in [6.07, 6.45) is 6.83. The summed E-state index contributed by atoms with van der Waals surface area (Å²) in [4.78, 5) is 12.8. The maximum absolute atomic E-state index is 12.8. The van der Waals surface area contributed by atoms with E-state index in [1.807, 2.05) is 0 Å². The first kappa shape index (κ1) is 22.4. The van der Waals surface area contributed by atoms with Gasteiger partial charge in [0, 0.05) is 7.11 Å². The third-order valence-corrected chi connectivity index (χ3v) is 5.86. The van der Waals surface area contributed by atoms with Crippen molar-refractivity contribution in [3.05, 3.63) is 0 Å². The third-order valence-electron chi connectivity index (χ3n) is 5.86. The van der Waals surface area contributed by atoms with E-state index < -0.39 is 0 Å². The maximum Gasteiger partial charge on any atom is 0.312 e. The lowest BCUT2D eigenvalue weighted by Gasteiger charge is -2.41. The lowest BCUT2D eigenvalue weighted by molar-refractivity contribution is -0.178. The number of hydrogen-bond acceptors (Lipinski definition) is 3. The van der Waals surface area contributed by atoms with E-state index in [1.54, 1.807) is 0 Å². The minimum absolute atomic E-state index is 0.00275. The molecule has 1 saturated carbocycles. The van der Waals surface area contributed by atoms with Crippen molar-refractivity contribution in [1.29, 1.82) is 0 Å². The van der Waals surface area contributed by atoms with E-state index >= 15 is 0 Å². The molecule has 0 bridgehead atoms. The predicted octanol–water partition coefficient (Wildman–Crippen LogP) is 5.21. The fourth-order valence-electron chi connectivity index (χ4n) is 3.54. The summed E-state index contributed by atoms with van der Waals surface area (Å²) >= 11 is 0. The Morgan fingerprint density at radius 1 is 1.13 bits per heavy atom. The monoisotopic (exact) mass is 328 g/mol. The van der Waals surface area contributed by atoms with Crippen molar-refractivity contribution in [1.82, 2.24) is 0 Å². The lowest BCUT2D eigenvalue weighted by Crippen LogP contribution is -2.44. The van der Waals surface area contributed by atoms with E-state index in [4.69, 9.17) is 9.84 Å². The zero-order valence-electron chi connectivity index (χ0n) is 16.7. The minimum atomic E-state index is -0.353. The molecule has 0 aromatic rings. The molecule has 0 heterocycles. The Labute approximate surface area is 144 Å². The molecule has 0 spiro atoms. The smallest absolute Gasteiger partial charge is 0.312 e. The van der Waals surface area contributed by atoms with Crippen LogP contribution in [0.2, 0.25) is 0 Å². The fraction of sp³-hybridized carbons (Fsp3) is 0.950. The molecule has 3 nitrogen and oxygen atoms in total. The fourth-order valence-corrected chi connectivity index (χ4v) is 3.54. The molecule has 1 unspecified atom stereocenters. The van der Waals surface area contributed by atoms with Gasteiger partial charge in [0.05, 0.1) is 5.41 Å². The van der Waals surface area contributed by atoms with Crippen LogP contribution in [0, 0.1) is 23.2 Å².